The second-order valence-corrected chi connectivity index (χ2v) is 6.76. The predicted octanol–water partition coefficient (Wildman–Crippen LogP) is 2.56. The van der Waals surface area contributed by atoms with E-state index >= 15 is 0 Å². The van der Waals surface area contributed by atoms with Crippen molar-refractivity contribution in [1.29, 1.82) is 0 Å². The number of imide groups is 1. The van der Waals surface area contributed by atoms with E-state index in [1.165, 1.54) is 30.0 Å². The molecule has 2 aromatic carbocycles. The second kappa shape index (κ2) is 9.15. The van der Waals surface area contributed by atoms with Gasteiger partial charge in [0.05, 0.1) is 18.6 Å². The number of thioether (sulfide) groups is 1. The third-order valence-electron chi connectivity index (χ3n) is 3.71. The van der Waals surface area contributed by atoms with Gasteiger partial charge in [-0.3, -0.25) is 10.1 Å². The molecule has 0 saturated heterocycles. The minimum absolute atomic E-state index is 0.0269. The fourth-order valence-corrected chi connectivity index (χ4v) is 3.08. The van der Waals surface area contributed by atoms with Gasteiger partial charge in [0.15, 0.2) is 0 Å². The second-order valence-electron chi connectivity index (χ2n) is 5.82. The Labute approximate surface area is 169 Å². The van der Waals surface area contributed by atoms with Gasteiger partial charge in [0.2, 0.25) is 11.1 Å². The number of anilines is 1. The standard InChI is InChI=1S/C18H17FN6O3S/c1-11-7-8-15(28-2)14(9-11)25-18(22-23-24-25)29-10-16(26)21-17(27)20-13-6-4-3-5-12(13)19/h3-9H,10H2,1-2H3,(H2,20,21,26,27). The number of carbonyl (C=O) groups is 2. The molecule has 0 radical (unpaired) electrons. The van der Waals surface area contributed by atoms with Gasteiger partial charge in [0.1, 0.15) is 17.3 Å². The summed E-state index contributed by atoms with van der Waals surface area (Å²) < 4.78 is 20.3. The molecule has 0 atom stereocenters. The molecular formula is C18H17FN6O3S. The number of aromatic nitrogens is 4. The number of nitrogens with one attached hydrogen (secondary N) is 2. The molecule has 1 aromatic heterocycles. The molecule has 0 unspecified atom stereocenters. The van der Waals surface area contributed by atoms with Gasteiger partial charge in [0, 0.05) is 0 Å². The largest absolute Gasteiger partial charge is 0.494 e. The van der Waals surface area contributed by atoms with Crippen molar-refractivity contribution in [3.05, 3.63) is 53.8 Å². The quantitative estimate of drug-likeness (QED) is 0.594. The van der Waals surface area contributed by atoms with Gasteiger partial charge in [0.25, 0.3) is 0 Å². The lowest BCUT2D eigenvalue weighted by molar-refractivity contribution is -0.117. The monoisotopic (exact) mass is 416 g/mol. The van der Waals surface area contributed by atoms with Crippen LogP contribution in [0.2, 0.25) is 0 Å². The Morgan fingerprint density at radius 3 is 2.79 bits per heavy atom. The smallest absolute Gasteiger partial charge is 0.325 e. The first-order chi connectivity index (χ1) is 14.0. The number of tetrazole rings is 1. The van der Waals surface area contributed by atoms with Gasteiger partial charge in [-0.1, -0.05) is 30.0 Å². The number of para-hydroxylation sites is 1. The highest BCUT2D eigenvalue weighted by Gasteiger charge is 2.16. The topological polar surface area (TPSA) is 111 Å². The summed E-state index contributed by atoms with van der Waals surface area (Å²) in [6, 6.07) is 10.3. The van der Waals surface area contributed by atoms with Crippen molar-refractivity contribution in [2.45, 2.75) is 12.1 Å². The Morgan fingerprint density at radius 2 is 2.03 bits per heavy atom. The van der Waals surface area contributed by atoms with Crippen molar-refractivity contribution in [2.75, 3.05) is 18.2 Å². The van der Waals surface area contributed by atoms with Gasteiger partial charge in [-0.25, -0.2) is 9.18 Å². The molecular weight excluding hydrogens is 399 g/mol. The Bertz CT molecular complexity index is 1040. The maximum Gasteiger partial charge on any atom is 0.325 e. The van der Waals surface area contributed by atoms with Crippen molar-refractivity contribution >= 4 is 29.4 Å². The summed E-state index contributed by atoms with van der Waals surface area (Å²) >= 11 is 1.04. The van der Waals surface area contributed by atoms with E-state index < -0.39 is 17.8 Å². The number of urea groups is 1. The Balaban J connectivity index is 1.62. The van der Waals surface area contributed by atoms with Crippen molar-refractivity contribution < 1.29 is 18.7 Å². The number of halogens is 1. The summed E-state index contributed by atoms with van der Waals surface area (Å²) in [4.78, 5) is 23.9. The third-order valence-corrected chi connectivity index (χ3v) is 4.63. The van der Waals surface area contributed by atoms with Crippen LogP contribution in [-0.4, -0.2) is 45.0 Å². The molecule has 29 heavy (non-hydrogen) atoms. The number of nitrogens with zero attached hydrogens (tertiary/aromatic N) is 4. The Kier molecular flexibility index (Phi) is 6.39. The highest BCUT2D eigenvalue weighted by molar-refractivity contribution is 7.99. The lowest BCUT2D eigenvalue weighted by Crippen LogP contribution is -2.35. The number of benzene rings is 2. The van der Waals surface area contributed by atoms with Crippen molar-refractivity contribution in [2.24, 2.45) is 0 Å². The maximum absolute atomic E-state index is 13.6. The zero-order valence-electron chi connectivity index (χ0n) is 15.5. The number of rotatable bonds is 6. The van der Waals surface area contributed by atoms with Crippen LogP contribution in [0.3, 0.4) is 0 Å². The van der Waals surface area contributed by atoms with Crippen LogP contribution in [-0.2, 0) is 4.79 Å². The van der Waals surface area contributed by atoms with Crippen LogP contribution in [0, 0.1) is 12.7 Å². The molecule has 0 saturated carbocycles. The average Bonchev–Trinajstić information content (AvgIpc) is 3.16. The fourth-order valence-electron chi connectivity index (χ4n) is 2.39. The summed E-state index contributed by atoms with van der Waals surface area (Å²) in [6.45, 7) is 1.92. The van der Waals surface area contributed by atoms with E-state index in [0.717, 1.165) is 17.3 Å². The van der Waals surface area contributed by atoms with E-state index in [1.807, 2.05) is 19.1 Å². The van der Waals surface area contributed by atoms with Gasteiger partial charge >= 0.3 is 6.03 Å². The molecule has 0 aliphatic heterocycles. The first-order valence-corrected chi connectivity index (χ1v) is 9.38. The fraction of sp³-hybridized carbons (Fsp3) is 0.167. The Hall–Kier alpha value is -3.47. The first kappa shape index (κ1) is 20.3. The molecule has 1 heterocycles. The maximum atomic E-state index is 13.6. The van der Waals surface area contributed by atoms with Crippen molar-refractivity contribution in [1.82, 2.24) is 25.5 Å². The van der Waals surface area contributed by atoms with E-state index in [4.69, 9.17) is 4.74 Å². The summed E-state index contributed by atoms with van der Waals surface area (Å²) in [7, 11) is 1.53. The van der Waals surface area contributed by atoms with Crippen LogP contribution < -0.4 is 15.4 Å². The van der Waals surface area contributed by atoms with Gasteiger partial charge in [-0.2, -0.15) is 4.68 Å². The Morgan fingerprint density at radius 1 is 1.24 bits per heavy atom. The third kappa shape index (κ3) is 5.08. The number of hydrogen-bond acceptors (Lipinski definition) is 7. The van der Waals surface area contributed by atoms with Crippen LogP contribution in [0.15, 0.2) is 47.6 Å². The lowest BCUT2D eigenvalue weighted by Gasteiger charge is -2.10. The number of methoxy groups -OCH3 is 1. The zero-order valence-corrected chi connectivity index (χ0v) is 16.4. The van der Waals surface area contributed by atoms with Crippen molar-refractivity contribution in [3.8, 4) is 11.4 Å². The number of aryl methyl sites for hydroxylation is 1. The van der Waals surface area contributed by atoms with Crippen LogP contribution in [0.1, 0.15) is 5.56 Å². The highest BCUT2D eigenvalue weighted by atomic mass is 32.2. The van der Waals surface area contributed by atoms with Crippen LogP contribution in [0.5, 0.6) is 5.75 Å². The molecule has 0 bridgehead atoms. The summed E-state index contributed by atoms with van der Waals surface area (Å²) in [6.07, 6.45) is 0. The molecule has 11 heteroatoms. The van der Waals surface area contributed by atoms with E-state index in [1.54, 1.807) is 12.1 Å². The molecule has 2 N–H and O–H groups in total. The lowest BCUT2D eigenvalue weighted by atomic mass is 10.2. The predicted molar refractivity (Wildman–Crippen MR) is 105 cm³/mol. The summed E-state index contributed by atoms with van der Waals surface area (Å²) in [5, 5.41) is 16.2. The number of ether oxygens (including phenoxy) is 1. The molecule has 150 valence electrons. The number of hydrogen-bond donors (Lipinski definition) is 2. The molecule has 0 fully saturated rings. The van der Waals surface area contributed by atoms with Crippen LogP contribution in [0.25, 0.3) is 5.69 Å². The molecule has 0 spiro atoms. The molecule has 3 rings (SSSR count). The van der Waals surface area contributed by atoms with Crippen LogP contribution >= 0.6 is 11.8 Å². The summed E-state index contributed by atoms with van der Waals surface area (Å²) in [5.41, 5.74) is 1.58. The number of amides is 3. The minimum atomic E-state index is -0.833. The molecule has 0 aliphatic carbocycles. The number of carbonyl (C=O) groups excluding carboxylic acids is 2. The summed E-state index contributed by atoms with van der Waals surface area (Å²) in [5.74, 6) is -0.747. The van der Waals surface area contributed by atoms with Gasteiger partial charge < -0.3 is 10.1 Å². The minimum Gasteiger partial charge on any atom is -0.494 e. The van der Waals surface area contributed by atoms with E-state index in [-0.39, 0.29) is 11.4 Å². The normalized spacial score (nSPS) is 10.4. The van der Waals surface area contributed by atoms with E-state index in [0.29, 0.717) is 16.6 Å². The molecule has 3 amide bonds. The van der Waals surface area contributed by atoms with Crippen LogP contribution in [0.4, 0.5) is 14.9 Å². The van der Waals surface area contributed by atoms with E-state index in [2.05, 4.69) is 26.2 Å². The van der Waals surface area contributed by atoms with Crippen molar-refractivity contribution in [3.63, 3.8) is 0 Å². The average molecular weight is 416 g/mol. The molecule has 0 aliphatic rings. The first-order valence-electron chi connectivity index (χ1n) is 8.39. The zero-order chi connectivity index (χ0) is 20.8. The van der Waals surface area contributed by atoms with Gasteiger partial charge in [-0.05, 0) is 47.2 Å². The molecule has 3 aromatic rings. The molecule has 9 nitrogen and oxygen atoms in total. The van der Waals surface area contributed by atoms with E-state index in [9.17, 15) is 14.0 Å². The van der Waals surface area contributed by atoms with Gasteiger partial charge in [-0.15, -0.1) is 5.10 Å². The highest BCUT2D eigenvalue weighted by Crippen LogP contribution is 2.26. The SMILES string of the molecule is COc1ccc(C)cc1-n1nnnc1SCC(=O)NC(=O)Nc1ccccc1F.